The molecule has 0 spiro atoms. The molecule has 1 saturated heterocycles. The quantitative estimate of drug-likeness (QED) is 0.123. The maximum Gasteiger partial charge on any atom is 0.416 e. The Morgan fingerprint density at radius 1 is 0.930 bits per heavy atom. The summed E-state index contributed by atoms with van der Waals surface area (Å²) in [4.78, 5) is 94.8. The molecule has 0 bridgehead atoms. The third kappa shape index (κ3) is 15.1. The molecule has 14 heteroatoms. The number of nitrogens with zero attached hydrogens (tertiary/aromatic N) is 1. The van der Waals surface area contributed by atoms with E-state index in [4.69, 9.17) is 10.5 Å². The van der Waals surface area contributed by atoms with E-state index in [1.807, 2.05) is 34.6 Å². The first kappa shape index (κ1) is 47.4. The van der Waals surface area contributed by atoms with Gasteiger partial charge >= 0.3 is 6.18 Å². The summed E-state index contributed by atoms with van der Waals surface area (Å²) < 4.78 is 46.4. The molecule has 0 radical (unpaired) electrons. The monoisotopic (exact) mass is 805 g/mol. The first-order valence-corrected chi connectivity index (χ1v) is 20.6. The van der Waals surface area contributed by atoms with E-state index in [1.165, 1.54) is 17.0 Å². The van der Waals surface area contributed by atoms with Crippen LogP contribution in [0.5, 0.6) is 0 Å². The molecule has 5 atom stereocenters. The molecule has 2 aliphatic rings. The minimum atomic E-state index is -4.57. The highest BCUT2D eigenvalue weighted by Crippen LogP contribution is 2.37. The molecule has 1 aromatic carbocycles. The molecule has 3 N–H and O–H groups in total. The number of benzene rings is 1. The summed E-state index contributed by atoms with van der Waals surface area (Å²) in [6, 6.07) is 2.71. The van der Waals surface area contributed by atoms with Crippen LogP contribution in [0.15, 0.2) is 24.3 Å². The van der Waals surface area contributed by atoms with Gasteiger partial charge < -0.3 is 20.7 Å². The molecule has 318 valence electrons. The van der Waals surface area contributed by atoms with Gasteiger partial charge in [-0.15, -0.1) is 0 Å². The molecule has 0 aromatic heterocycles. The Morgan fingerprint density at radius 3 is 2.21 bits per heavy atom. The minimum Gasteiger partial charge on any atom is -0.371 e. The zero-order valence-electron chi connectivity index (χ0n) is 34.2. The Bertz CT molecular complexity index is 1580. The topological polar surface area (TPSA) is 170 Å². The third-order valence-corrected chi connectivity index (χ3v) is 10.9. The van der Waals surface area contributed by atoms with Crippen molar-refractivity contribution in [2.24, 2.45) is 23.5 Å². The van der Waals surface area contributed by atoms with E-state index in [1.54, 1.807) is 0 Å². The van der Waals surface area contributed by atoms with Gasteiger partial charge in [0.05, 0.1) is 23.3 Å². The summed E-state index contributed by atoms with van der Waals surface area (Å²) in [5.41, 5.74) is 4.12. The number of ether oxygens (including phenoxy) is 1. The maximum absolute atomic E-state index is 14.7. The summed E-state index contributed by atoms with van der Waals surface area (Å²) in [6.45, 7) is 9.37. The molecular weight excluding hydrogens is 743 g/mol. The van der Waals surface area contributed by atoms with Crippen molar-refractivity contribution in [2.75, 3.05) is 6.54 Å². The molecule has 11 nitrogen and oxygen atoms in total. The van der Waals surface area contributed by atoms with Crippen LogP contribution in [-0.4, -0.2) is 76.1 Å². The number of nitrogens with one attached hydrogen (secondary N) is 1. The molecule has 3 unspecified atom stereocenters. The fraction of sp³-hybridized carbons (Fsp3) is 0.698. The smallest absolute Gasteiger partial charge is 0.371 e. The zero-order valence-corrected chi connectivity index (χ0v) is 34.2. The number of ketones is 4. The fourth-order valence-electron chi connectivity index (χ4n) is 8.13. The first-order chi connectivity index (χ1) is 26.7. The van der Waals surface area contributed by atoms with Crippen molar-refractivity contribution in [3.63, 3.8) is 0 Å². The van der Waals surface area contributed by atoms with Gasteiger partial charge in [0, 0.05) is 56.9 Å². The van der Waals surface area contributed by atoms with Gasteiger partial charge in [-0.2, -0.15) is 13.2 Å². The van der Waals surface area contributed by atoms with Crippen LogP contribution >= 0.6 is 0 Å². The average Bonchev–Trinajstić information content (AvgIpc) is 3.56. The number of hydrogen-bond donors (Lipinski definition) is 2. The van der Waals surface area contributed by atoms with Crippen LogP contribution in [0.1, 0.15) is 142 Å². The molecule has 1 aliphatic heterocycles. The second-order valence-corrected chi connectivity index (χ2v) is 16.8. The Labute approximate surface area is 334 Å². The summed E-state index contributed by atoms with van der Waals surface area (Å²) in [7, 11) is 0. The zero-order chi connectivity index (χ0) is 42.5. The Kier molecular flexibility index (Phi) is 18.1. The van der Waals surface area contributed by atoms with Crippen molar-refractivity contribution >= 4 is 40.9 Å². The number of Topliss-reactive ketones (excluding diaryl/α,β-unsaturated/α-hetero) is 4. The van der Waals surface area contributed by atoms with Crippen LogP contribution in [0.2, 0.25) is 0 Å². The van der Waals surface area contributed by atoms with Crippen LogP contribution in [-0.2, 0) is 50.9 Å². The fourth-order valence-corrected chi connectivity index (χ4v) is 8.13. The van der Waals surface area contributed by atoms with Crippen LogP contribution in [0.3, 0.4) is 0 Å². The van der Waals surface area contributed by atoms with Gasteiger partial charge in [0.1, 0.15) is 11.8 Å². The van der Waals surface area contributed by atoms with Gasteiger partial charge in [-0.25, -0.2) is 0 Å². The molecule has 3 rings (SSSR count). The number of carbonyl (C=O) groups excluding carboxylic acids is 7. The average molecular weight is 806 g/mol. The highest BCUT2D eigenvalue weighted by atomic mass is 19.4. The van der Waals surface area contributed by atoms with Crippen molar-refractivity contribution in [1.82, 2.24) is 10.2 Å². The standard InChI is InChI=1S/C43H62F3N3O8/c1-6-8-18-34(40(47)55)48-38(53)20-19-36(51)39(54)29(13-7-2)23-37(52)35-25-32(57-42(3,4)5)26-49(35)41(56)33(28-15-10-9-11-16-28)24-31(50)22-27-14-12-17-30(21-27)43(44,45)46/h12,14,17,21,28-29,32-35H,6-11,13,15-16,18-20,22-26H2,1-5H3,(H2,47,55)(H,48,53)/t29?,32-,33?,34?,35+/m1/s1. The van der Waals surface area contributed by atoms with Crippen molar-refractivity contribution in [3.8, 4) is 0 Å². The molecule has 1 aromatic rings. The number of halogens is 3. The second-order valence-electron chi connectivity index (χ2n) is 16.8. The Hall–Kier alpha value is -3.94. The van der Waals surface area contributed by atoms with Crippen molar-refractivity contribution in [1.29, 1.82) is 0 Å². The molecular formula is C43H62F3N3O8. The summed E-state index contributed by atoms with van der Waals surface area (Å²) >= 11 is 0. The summed E-state index contributed by atoms with van der Waals surface area (Å²) in [5.74, 6) is -6.02. The number of likely N-dealkylation sites (tertiary alicyclic amines) is 1. The van der Waals surface area contributed by atoms with E-state index in [0.29, 0.717) is 32.1 Å². The number of carbonyl (C=O) groups is 7. The van der Waals surface area contributed by atoms with Gasteiger partial charge in [-0.1, -0.05) is 70.6 Å². The Balaban J connectivity index is 1.81. The molecule has 3 amide bonds. The summed E-state index contributed by atoms with van der Waals surface area (Å²) in [6.07, 6.45) is 0.0925. The van der Waals surface area contributed by atoms with E-state index < -0.39 is 88.9 Å². The minimum absolute atomic E-state index is 0.0720. The number of nitrogens with two attached hydrogens (primary N) is 1. The van der Waals surface area contributed by atoms with Crippen LogP contribution < -0.4 is 11.1 Å². The van der Waals surface area contributed by atoms with Crippen LogP contribution in [0, 0.1) is 17.8 Å². The van der Waals surface area contributed by atoms with E-state index in [9.17, 15) is 46.7 Å². The molecule has 1 saturated carbocycles. The SMILES string of the molecule is CCCCC(NC(=O)CCC(=O)C(=O)C(CCC)CC(=O)[C@@H]1C[C@@H](OC(C)(C)C)CN1C(=O)C(CC(=O)Cc1cccc(C(F)(F)F)c1)C1CCCCC1)C(N)=O. The van der Waals surface area contributed by atoms with Crippen molar-refractivity contribution in [3.05, 3.63) is 35.4 Å². The number of hydrogen-bond acceptors (Lipinski definition) is 8. The van der Waals surface area contributed by atoms with Gasteiger partial charge in [0.25, 0.3) is 0 Å². The lowest BCUT2D eigenvalue weighted by Gasteiger charge is -2.34. The van der Waals surface area contributed by atoms with E-state index >= 15 is 0 Å². The predicted octanol–water partition coefficient (Wildman–Crippen LogP) is 6.64. The van der Waals surface area contributed by atoms with Gasteiger partial charge in [-0.3, -0.25) is 33.6 Å². The van der Waals surface area contributed by atoms with Gasteiger partial charge in [-0.05, 0) is 64.0 Å². The maximum atomic E-state index is 14.7. The normalized spacial score (nSPS) is 19.4. The number of amides is 3. The van der Waals surface area contributed by atoms with E-state index in [-0.39, 0.29) is 62.3 Å². The molecule has 1 heterocycles. The van der Waals surface area contributed by atoms with Crippen molar-refractivity contribution < 1.29 is 51.5 Å². The van der Waals surface area contributed by atoms with Crippen LogP contribution in [0.4, 0.5) is 13.2 Å². The van der Waals surface area contributed by atoms with Crippen molar-refractivity contribution in [2.45, 2.75) is 167 Å². The first-order valence-electron chi connectivity index (χ1n) is 20.6. The van der Waals surface area contributed by atoms with E-state index in [2.05, 4.69) is 5.32 Å². The van der Waals surface area contributed by atoms with Crippen LogP contribution in [0.25, 0.3) is 0 Å². The second kappa shape index (κ2) is 21.7. The Morgan fingerprint density at radius 2 is 1.61 bits per heavy atom. The summed E-state index contributed by atoms with van der Waals surface area (Å²) in [5, 5.41) is 2.53. The third-order valence-electron chi connectivity index (χ3n) is 10.9. The van der Waals surface area contributed by atoms with E-state index in [0.717, 1.165) is 37.8 Å². The molecule has 2 fully saturated rings. The van der Waals surface area contributed by atoms with Gasteiger partial charge in [0.2, 0.25) is 23.5 Å². The lowest BCUT2D eigenvalue weighted by atomic mass is 9.76. The lowest BCUT2D eigenvalue weighted by molar-refractivity contribution is -0.146. The highest BCUT2D eigenvalue weighted by Gasteiger charge is 2.46. The highest BCUT2D eigenvalue weighted by molar-refractivity contribution is 6.38. The molecule has 57 heavy (non-hydrogen) atoms. The number of primary amides is 1. The predicted molar refractivity (Wildman–Crippen MR) is 208 cm³/mol. The lowest BCUT2D eigenvalue weighted by Crippen LogP contribution is -2.47. The van der Waals surface area contributed by atoms with Gasteiger partial charge in [0.15, 0.2) is 11.6 Å². The number of alkyl halides is 3. The molecule has 1 aliphatic carbocycles. The largest absolute Gasteiger partial charge is 0.416 e. The number of unbranched alkanes of at least 4 members (excludes halogenated alkanes) is 1. The number of rotatable bonds is 22.